The molecule has 0 radical (unpaired) electrons. The molecule has 4 nitrogen and oxygen atoms in total. The molecule has 0 saturated carbocycles. The number of hydrogen-bond acceptors (Lipinski definition) is 4. The first-order chi connectivity index (χ1) is 8.69. The van der Waals surface area contributed by atoms with Crippen LogP contribution in [0.15, 0.2) is 36.4 Å². The third kappa shape index (κ3) is 2.88. The van der Waals surface area contributed by atoms with Gasteiger partial charge >= 0.3 is 0 Å². The highest BCUT2D eigenvalue weighted by Crippen LogP contribution is 2.23. The van der Waals surface area contributed by atoms with Crippen LogP contribution in [0.1, 0.15) is 6.92 Å². The number of anilines is 3. The Morgan fingerprint density at radius 1 is 1.33 bits per heavy atom. The molecule has 0 aliphatic heterocycles. The van der Waals surface area contributed by atoms with E-state index in [1.807, 2.05) is 6.92 Å². The van der Waals surface area contributed by atoms with E-state index in [9.17, 15) is 4.39 Å². The van der Waals surface area contributed by atoms with E-state index in [1.165, 1.54) is 12.1 Å². The number of hydrogen-bond donors (Lipinski definition) is 2. The molecule has 1 aromatic carbocycles. The minimum Gasteiger partial charge on any atom is -0.476 e. The highest BCUT2D eigenvalue weighted by molar-refractivity contribution is 5.60. The van der Waals surface area contributed by atoms with Gasteiger partial charge in [0.15, 0.2) is 0 Å². The summed E-state index contributed by atoms with van der Waals surface area (Å²) >= 11 is 0. The molecule has 2 rings (SSSR count). The van der Waals surface area contributed by atoms with E-state index in [2.05, 4.69) is 10.3 Å². The molecule has 0 amide bonds. The molecular formula is C13H14FN3O. The smallest absolute Gasteiger partial charge is 0.239 e. The van der Waals surface area contributed by atoms with Crippen LogP contribution in [0.25, 0.3) is 0 Å². The quantitative estimate of drug-likeness (QED) is 0.872. The molecule has 0 atom stereocenters. The Balaban J connectivity index is 2.21. The van der Waals surface area contributed by atoms with Crippen molar-refractivity contribution in [3.8, 4) is 5.88 Å². The Morgan fingerprint density at radius 2 is 2.17 bits per heavy atom. The third-order valence-electron chi connectivity index (χ3n) is 2.27. The van der Waals surface area contributed by atoms with Crippen LogP contribution in [0.5, 0.6) is 5.88 Å². The van der Waals surface area contributed by atoms with Gasteiger partial charge in [0.25, 0.3) is 0 Å². The summed E-state index contributed by atoms with van der Waals surface area (Å²) in [6, 6.07) is 9.55. The number of ether oxygens (including phenoxy) is 1. The first kappa shape index (κ1) is 12.2. The molecule has 0 fully saturated rings. The highest BCUT2D eigenvalue weighted by atomic mass is 19.1. The highest BCUT2D eigenvalue weighted by Gasteiger charge is 2.04. The zero-order chi connectivity index (χ0) is 13.0. The minimum atomic E-state index is -0.305. The molecular weight excluding hydrogens is 233 g/mol. The number of nitrogens with two attached hydrogens (primary N) is 1. The van der Waals surface area contributed by atoms with Crippen LogP contribution in [0.4, 0.5) is 21.6 Å². The van der Waals surface area contributed by atoms with Gasteiger partial charge in [0.2, 0.25) is 5.88 Å². The number of nitrogens with zero attached hydrogens (tertiary/aromatic N) is 1. The molecule has 2 aromatic rings. The average molecular weight is 247 g/mol. The summed E-state index contributed by atoms with van der Waals surface area (Å²) < 4.78 is 18.3. The zero-order valence-corrected chi connectivity index (χ0v) is 9.98. The van der Waals surface area contributed by atoms with Crippen molar-refractivity contribution in [1.82, 2.24) is 4.98 Å². The predicted octanol–water partition coefficient (Wildman–Crippen LogP) is 2.95. The van der Waals surface area contributed by atoms with E-state index >= 15 is 0 Å². The van der Waals surface area contributed by atoms with Crippen LogP contribution in [-0.4, -0.2) is 11.6 Å². The first-order valence-corrected chi connectivity index (χ1v) is 5.61. The maximum atomic E-state index is 13.0. The minimum absolute atomic E-state index is 0.305. The van der Waals surface area contributed by atoms with Crippen LogP contribution in [0.2, 0.25) is 0 Å². The average Bonchev–Trinajstić information content (AvgIpc) is 2.34. The number of aromatic nitrogens is 1. The molecule has 94 valence electrons. The van der Waals surface area contributed by atoms with Gasteiger partial charge in [0.1, 0.15) is 11.6 Å². The van der Waals surface area contributed by atoms with Crippen molar-refractivity contribution in [2.24, 2.45) is 0 Å². The van der Waals surface area contributed by atoms with E-state index in [0.29, 0.717) is 29.7 Å². The summed E-state index contributed by atoms with van der Waals surface area (Å²) in [5, 5.41) is 2.98. The van der Waals surface area contributed by atoms with Crippen molar-refractivity contribution in [3.05, 3.63) is 42.2 Å². The van der Waals surface area contributed by atoms with Crippen LogP contribution in [-0.2, 0) is 0 Å². The second-order valence-corrected chi connectivity index (χ2v) is 3.66. The summed E-state index contributed by atoms with van der Waals surface area (Å²) in [6.07, 6.45) is 0. The summed E-state index contributed by atoms with van der Waals surface area (Å²) in [7, 11) is 0. The summed E-state index contributed by atoms with van der Waals surface area (Å²) in [5.74, 6) is 0.623. The van der Waals surface area contributed by atoms with Gasteiger partial charge in [-0.2, -0.15) is 4.98 Å². The lowest BCUT2D eigenvalue weighted by Gasteiger charge is -2.09. The topological polar surface area (TPSA) is 60.2 Å². The van der Waals surface area contributed by atoms with Crippen molar-refractivity contribution in [1.29, 1.82) is 0 Å². The van der Waals surface area contributed by atoms with Gasteiger partial charge in [-0.15, -0.1) is 0 Å². The van der Waals surface area contributed by atoms with Crippen molar-refractivity contribution < 1.29 is 9.13 Å². The maximum Gasteiger partial charge on any atom is 0.239 e. The Hall–Kier alpha value is -2.30. The van der Waals surface area contributed by atoms with E-state index in [1.54, 1.807) is 24.3 Å². The summed E-state index contributed by atoms with van der Waals surface area (Å²) in [5.41, 5.74) is 6.81. The van der Waals surface area contributed by atoms with Gasteiger partial charge in [0.05, 0.1) is 12.3 Å². The van der Waals surface area contributed by atoms with Crippen LogP contribution < -0.4 is 15.8 Å². The largest absolute Gasteiger partial charge is 0.476 e. The lowest BCUT2D eigenvalue weighted by atomic mass is 10.3. The van der Waals surface area contributed by atoms with Crippen LogP contribution in [0.3, 0.4) is 0 Å². The predicted molar refractivity (Wildman–Crippen MR) is 69.5 cm³/mol. The fourth-order valence-electron chi connectivity index (χ4n) is 1.49. The normalized spacial score (nSPS) is 10.1. The van der Waals surface area contributed by atoms with Gasteiger partial charge in [-0.3, -0.25) is 0 Å². The number of benzene rings is 1. The van der Waals surface area contributed by atoms with E-state index in [0.717, 1.165) is 0 Å². The molecule has 18 heavy (non-hydrogen) atoms. The lowest BCUT2D eigenvalue weighted by Crippen LogP contribution is -2.02. The van der Waals surface area contributed by atoms with E-state index in [4.69, 9.17) is 10.5 Å². The molecule has 1 aromatic heterocycles. The fourth-order valence-corrected chi connectivity index (χ4v) is 1.49. The Kier molecular flexibility index (Phi) is 3.62. The molecule has 0 aliphatic rings. The molecule has 0 saturated heterocycles. The number of halogens is 1. The summed E-state index contributed by atoms with van der Waals surface area (Å²) in [4.78, 5) is 4.21. The second-order valence-electron chi connectivity index (χ2n) is 3.66. The molecule has 1 heterocycles. The van der Waals surface area contributed by atoms with Crippen molar-refractivity contribution in [3.63, 3.8) is 0 Å². The standard InChI is InChI=1S/C13H14FN3O/c1-2-18-13-11(15)6-7-12(17-13)16-10-5-3-4-9(14)8-10/h3-8H,2,15H2,1H3,(H,16,17). The molecule has 0 unspecified atom stereocenters. The SMILES string of the molecule is CCOc1nc(Nc2cccc(F)c2)ccc1N. The van der Waals surface area contributed by atoms with Crippen LogP contribution >= 0.6 is 0 Å². The number of nitrogens with one attached hydrogen (secondary N) is 1. The van der Waals surface area contributed by atoms with Crippen molar-refractivity contribution in [2.75, 3.05) is 17.7 Å². The molecule has 5 heteroatoms. The molecule has 3 N–H and O–H groups in total. The number of pyridine rings is 1. The lowest BCUT2D eigenvalue weighted by molar-refractivity contribution is 0.329. The molecule has 0 spiro atoms. The van der Waals surface area contributed by atoms with Gasteiger partial charge in [-0.05, 0) is 37.3 Å². The van der Waals surface area contributed by atoms with Gasteiger partial charge in [0, 0.05) is 5.69 Å². The Bertz CT molecular complexity index is 546. The van der Waals surface area contributed by atoms with E-state index in [-0.39, 0.29) is 5.82 Å². The second kappa shape index (κ2) is 5.35. The van der Waals surface area contributed by atoms with Gasteiger partial charge < -0.3 is 15.8 Å². The van der Waals surface area contributed by atoms with Crippen molar-refractivity contribution in [2.45, 2.75) is 6.92 Å². The monoisotopic (exact) mass is 247 g/mol. The molecule has 0 aliphatic carbocycles. The van der Waals surface area contributed by atoms with E-state index < -0.39 is 0 Å². The Labute approximate surface area is 105 Å². The zero-order valence-electron chi connectivity index (χ0n) is 9.98. The first-order valence-electron chi connectivity index (χ1n) is 5.61. The number of nitrogen functional groups attached to an aromatic ring is 1. The van der Waals surface area contributed by atoms with Crippen molar-refractivity contribution >= 4 is 17.2 Å². The van der Waals surface area contributed by atoms with Gasteiger partial charge in [-0.25, -0.2) is 4.39 Å². The maximum absolute atomic E-state index is 13.0. The van der Waals surface area contributed by atoms with Gasteiger partial charge in [-0.1, -0.05) is 6.07 Å². The third-order valence-corrected chi connectivity index (χ3v) is 2.27. The molecule has 0 bridgehead atoms. The Morgan fingerprint density at radius 3 is 2.89 bits per heavy atom. The fraction of sp³-hybridized carbons (Fsp3) is 0.154. The summed E-state index contributed by atoms with van der Waals surface area (Å²) in [6.45, 7) is 2.34. The van der Waals surface area contributed by atoms with Crippen LogP contribution in [0, 0.1) is 5.82 Å². The number of rotatable bonds is 4.